The third-order valence-corrected chi connectivity index (χ3v) is 7.62. The number of aromatic nitrogens is 3. The first kappa shape index (κ1) is 24.4. The normalized spacial score (nSPS) is 12.1. The van der Waals surface area contributed by atoms with Crippen LogP contribution in [-0.4, -0.2) is 47.5 Å². The molecular weight excluding hydrogens is 538 g/mol. The van der Waals surface area contributed by atoms with E-state index in [1.807, 2.05) is 60.7 Å². The van der Waals surface area contributed by atoms with Crippen LogP contribution in [0.2, 0.25) is 5.02 Å². The van der Waals surface area contributed by atoms with Gasteiger partial charge in [0.2, 0.25) is 10.0 Å². The molecule has 0 atom stereocenters. The van der Waals surface area contributed by atoms with Crippen molar-refractivity contribution in [2.45, 2.75) is 6.42 Å². The van der Waals surface area contributed by atoms with Crippen LogP contribution in [0.25, 0.3) is 23.0 Å². The number of hydrogen-bond acceptors (Lipinski definition) is 5. The van der Waals surface area contributed by atoms with Crippen LogP contribution < -0.4 is 5.32 Å². The van der Waals surface area contributed by atoms with Crippen molar-refractivity contribution in [1.82, 2.24) is 18.9 Å². The van der Waals surface area contributed by atoms with Gasteiger partial charge in [-0.3, -0.25) is 0 Å². The van der Waals surface area contributed by atoms with Crippen molar-refractivity contribution in [3.63, 3.8) is 0 Å². The number of rotatable bonds is 9. The molecule has 176 valence electrons. The Morgan fingerprint density at radius 1 is 1.15 bits per heavy atom. The summed E-state index contributed by atoms with van der Waals surface area (Å²) in [5.41, 5.74) is 3.03. The molecule has 1 N–H and O–H groups in total. The maximum Gasteiger partial charge on any atom is 0.235 e. The minimum absolute atomic E-state index is 0.364. The van der Waals surface area contributed by atoms with Gasteiger partial charge in [-0.2, -0.15) is 9.61 Å². The zero-order valence-electron chi connectivity index (χ0n) is 18.4. The summed E-state index contributed by atoms with van der Waals surface area (Å²) >= 11 is 9.88. The van der Waals surface area contributed by atoms with Gasteiger partial charge in [0.1, 0.15) is 5.82 Å². The van der Waals surface area contributed by atoms with Crippen LogP contribution in [0.15, 0.2) is 76.7 Å². The van der Waals surface area contributed by atoms with Gasteiger partial charge in [-0.1, -0.05) is 60.1 Å². The lowest BCUT2D eigenvalue weighted by Crippen LogP contribution is -2.27. The molecule has 34 heavy (non-hydrogen) atoms. The standard InChI is InChI=1S/C24H23BrClN5O2S/c1-30(34(32,33)15-12-18-8-3-2-4-9-18)14-7-13-27-23-16-22(19-10-5-6-11-21(19)26)29-24-20(25)17-28-31(23)24/h2-6,8-12,15-17,27H,7,13-14H2,1H3/b15-12+. The molecule has 2 aromatic carbocycles. The molecule has 7 nitrogen and oxygen atoms in total. The van der Waals surface area contributed by atoms with Crippen LogP contribution in [0.3, 0.4) is 0 Å². The fourth-order valence-electron chi connectivity index (χ4n) is 3.35. The van der Waals surface area contributed by atoms with Gasteiger partial charge in [-0.25, -0.2) is 17.7 Å². The first-order valence-electron chi connectivity index (χ1n) is 10.6. The number of nitrogens with zero attached hydrogens (tertiary/aromatic N) is 4. The van der Waals surface area contributed by atoms with Crippen LogP contribution in [-0.2, 0) is 10.0 Å². The van der Waals surface area contributed by atoms with Gasteiger partial charge < -0.3 is 5.32 Å². The molecule has 2 heterocycles. The molecular formula is C24H23BrClN5O2S. The van der Waals surface area contributed by atoms with E-state index >= 15 is 0 Å². The smallest absolute Gasteiger partial charge is 0.235 e. The van der Waals surface area contributed by atoms with E-state index in [0.717, 1.165) is 21.4 Å². The molecule has 0 saturated heterocycles. The van der Waals surface area contributed by atoms with Gasteiger partial charge in [0.15, 0.2) is 5.65 Å². The zero-order chi connectivity index (χ0) is 24.1. The van der Waals surface area contributed by atoms with E-state index in [1.54, 1.807) is 23.8 Å². The largest absolute Gasteiger partial charge is 0.370 e. The van der Waals surface area contributed by atoms with Gasteiger partial charge in [0, 0.05) is 42.2 Å². The Morgan fingerprint density at radius 3 is 2.65 bits per heavy atom. The lowest BCUT2D eigenvalue weighted by Gasteiger charge is -2.15. The van der Waals surface area contributed by atoms with Gasteiger partial charge in [0.05, 0.1) is 16.4 Å². The van der Waals surface area contributed by atoms with Crippen LogP contribution in [0.1, 0.15) is 12.0 Å². The summed E-state index contributed by atoms with van der Waals surface area (Å²) in [4.78, 5) is 4.69. The van der Waals surface area contributed by atoms with Crippen LogP contribution in [0.4, 0.5) is 5.82 Å². The first-order chi connectivity index (χ1) is 16.3. The Balaban J connectivity index is 1.43. The highest BCUT2D eigenvalue weighted by molar-refractivity contribution is 9.10. The molecule has 0 bridgehead atoms. The van der Waals surface area contributed by atoms with Crippen molar-refractivity contribution in [2.24, 2.45) is 0 Å². The van der Waals surface area contributed by atoms with Gasteiger partial charge >= 0.3 is 0 Å². The van der Waals surface area contributed by atoms with E-state index in [2.05, 4.69) is 26.3 Å². The van der Waals surface area contributed by atoms with Crippen LogP contribution in [0.5, 0.6) is 0 Å². The monoisotopic (exact) mass is 559 g/mol. The number of benzene rings is 2. The first-order valence-corrected chi connectivity index (χ1v) is 13.2. The highest BCUT2D eigenvalue weighted by atomic mass is 79.9. The van der Waals surface area contributed by atoms with E-state index in [1.165, 1.54) is 9.71 Å². The third-order valence-electron chi connectivity index (χ3n) is 5.20. The number of anilines is 1. The fraction of sp³-hybridized carbons (Fsp3) is 0.167. The van der Waals surface area contributed by atoms with Crippen molar-refractivity contribution >= 4 is 55.1 Å². The highest BCUT2D eigenvalue weighted by Crippen LogP contribution is 2.30. The lowest BCUT2D eigenvalue weighted by atomic mass is 10.1. The van der Waals surface area contributed by atoms with Crippen molar-refractivity contribution in [1.29, 1.82) is 0 Å². The minimum Gasteiger partial charge on any atom is -0.370 e. The number of hydrogen-bond donors (Lipinski definition) is 1. The molecule has 0 aliphatic carbocycles. The summed E-state index contributed by atoms with van der Waals surface area (Å²) in [6.45, 7) is 0.906. The summed E-state index contributed by atoms with van der Waals surface area (Å²) in [6, 6.07) is 18.7. The molecule has 4 aromatic rings. The lowest BCUT2D eigenvalue weighted by molar-refractivity contribution is 0.473. The van der Waals surface area contributed by atoms with Crippen molar-refractivity contribution in [3.05, 3.63) is 87.3 Å². The number of sulfonamides is 1. The predicted molar refractivity (Wildman–Crippen MR) is 141 cm³/mol. The molecule has 0 saturated carbocycles. The van der Waals surface area contributed by atoms with E-state index < -0.39 is 10.0 Å². The maximum atomic E-state index is 12.6. The fourth-order valence-corrected chi connectivity index (χ4v) is 4.85. The Bertz CT molecular complexity index is 1420. The summed E-state index contributed by atoms with van der Waals surface area (Å²) < 4.78 is 28.9. The summed E-state index contributed by atoms with van der Waals surface area (Å²) in [7, 11) is -1.93. The minimum atomic E-state index is -3.51. The average molecular weight is 561 g/mol. The summed E-state index contributed by atoms with van der Waals surface area (Å²) in [6.07, 6.45) is 3.88. The second-order valence-electron chi connectivity index (χ2n) is 7.59. The molecule has 0 aliphatic rings. The van der Waals surface area contributed by atoms with Crippen molar-refractivity contribution < 1.29 is 8.42 Å². The molecule has 0 aliphatic heterocycles. The van der Waals surface area contributed by atoms with Crippen LogP contribution >= 0.6 is 27.5 Å². The van der Waals surface area contributed by atoms with Crippen molar-refractivity contribution in [3.8, 4) is 11.3 Å². The topological polar surface area (TPSA) is 79.6 Å². The van der Waals surface area contributed by atoms with Gasteiger partial charge in [0.25, 0.3) is 0 Å². The molecule has 0 amide bonds. The quantitative estimate of drug-likeness (QED) is 0.272. The Kier molecular flexibility index (Phi) is 7.67. The highest BCUT2D eigenvalue weighted by Gasteiger charge is 2.15. The zero-order valence-corrected chi connectivity index (χ0v) is 21.6. The second kappa shape index (κ2) is 10.7. The Labute approximate surface area is 212 Å². The Morgan fingerprint density at radius 2 is 1.88 bits per heavy atom. The third kappa shape index (κ3) is 5.67. The number of nitrogens with one attached hydrogen (secondary N) is 1. The molecule has 4 rings (SSSR count). The summed E-state index contributed by atoms with van der Waals surface area (Å²) in [5, 5.41) is 9.57. The predicted octanol–water partition coefficient (Wildman–Crippen LogP) is 5.55. The second-order valence-corrected chi connectivity index (χ2v) is 10.8. The molecule has 0 unspecified atom stereocenters. The average Bonchev–Trinajstić information content (AvgIpc) is 3.22. The van der Waals surface area contributed by atoms with Gasteiger partial charge in [-0.15, -0.1) is 0 Å². The number of halogens is 2. The molecule has 0 spiro atoms. The van der Waals surface area contributed by atoms with E-state index in [9.17, 15) is 8.42 Å². The van der Waals surface area contributed by atoms with E-state index in [0.29, 0.717) is 35.9 Å². The summed E-state index contributed by atoms with van der Waals surface area (Å²) in [5.74, 6) is 0.736. The SMILES string of the molecule is CN(CCCNc1cc(-c2ccccc2Cl)nc2c(Br)cnn12)S(=O)(=O)/C=C/c1ccccc1. The molecule has 2 aromatic heterocycles. The van der Waals surface area contributed by atoms with Crippen LogP contribution in [0, 0.1) is 0 Å². The number of fused-ring (bicyclic) bond motifs is 1. The van der Waals surface area contributed by atoms with E-state index in [4.69, 9.17) is 16.6 Å². The molecule has 0 fully saturated rings. The Hall–Kier alpha value is -2.72. The van der Waals surface area contributed by atoms with E-state index in [-0.39, 0.29) is 0 Å². The maximum absolute atomic E-state index is 12.6. The molecule has 10 heteroatoms. The van der Waals surface area contributed by atoms with Gasteiger partial charge in [-0.05, 0) is 40.1 Å². The van der Waals surface area contributed by atoms with Crippen molar-refractivity contribution in [2.75, 3.05) is 25.5 Å². The molecule has 0 radical (unpaired) electrons.